The van der Waals surface area contributed by atoms with Gasteiger partial charge in [0.15, 0.2) is 5.66 Å². The molecule has 1 aliphatic rings. The standard InChI is InChI=1S/C13H17N3O/c1-10(2)17-12-6-4-3-5-11(12)13(14)7-8-15-9-16-13/h3-10H,14H2,1-2H3,(H,15,16). The van der Waals surface area contributed by atoms with Crippen molar-refractivity contribution in [3.05, 3.63) is 42.1 Å². The smallest absolute Gasteiger partial charge is 0.159 e. The van der Waals surface area contributed by atoms with Gasteiger partial charge in [-0.2, -0.15) is 0 Å². The monoisotopic (exact) mass is 231 g/mol. The van der Waals surface area contributed by atoms with Crippen molar-refractivity contribution in [3.63, 3.8) is 0 Å². The number of nitrogens with zero attached hydrogens (tertiary/aromatic N) is 1. The van der Waals surface area contributed by atoms with Crippen LogP contribution in [0.2, 0.25) is 0 Å². The molecule has 0 radical (unpaired) electrons. The largest absolute Gasteiger partial charge is 0.491 e. The van der Waals surface area contributed by atoms with E-state index in [-0.39, 0.29) is 6.10 Å². The van der Waals surface area contributed by atoms with Gasteiger partial charge in [0.2, 0.25) is 0 Å². The molecule has 3 N–H and O–H groups in total. The van der Waals surface area contributed by atoms with Gasteiger partial charge < -0.3 is 10.1 Å². The lowest BCUT2D eigenvalue weighted by molar-refractivity contribution is 0.237. The number of rotatable bonds is 3. The van der Waals surface area contributed by atoms with Crippen molar-refractivity contribution in [2.45, 2.75) is 25.6 Å². The Morgan fingerprint density at radius 2 is 2.12 bits per heavy atom. The number of hydrogen-bond acceptors (Lipinski definition) is 4. The van der Waals surface area contributed by atoms with Crippen molar-refractivity contribution in [1.29, 1.82) is 0 Å². The zero-order valence-corrected chi connectivity index (χ0v) is 10.1. The average molecular weight is 231 g/mol. The summed E-state index contributed by atoms with van der Waals surface area (Å²) in [5, 5.41) is 2.88. The first-order chi connectivity index (χ1) is 8.12. The number of para-hydroxylation sites is 1. The van der Waals surface area contributed by atoms with E-state index in [0.29, 0.717) is 0 Å². The summed E-state index contributed by atoms with van der Waals surface area (Å²) < 4.78 is 5.76. The minimum atomic E-state index is -0.850. The van der Waals surface area contributed by atoms with Crippen LogP contribution in [0, 0.1) is 0 Å². The molecule has 90 valence electrons. The fourth-order valence-corrected chi connectivity index (χ4v) is 1.72. The van der Waals surface area contributed by atoms with Crippen molar-refractivity contribution in [2.75, 3.05) is 0 Å². The van der Waals surface area contributed by atoms with Gasteiger partial charge in [-0.1, -0.05) is 18.2 Å². The predicted octanol–water partition coefficient (Wildman–Crippen LogP) is 1.73. The molecule has 4 nitrogen and oxygen atoms in total. The highest BCUT2D eigenvalue weighted by atomic mass is 16.5. The van der Waals surface area contributed by atoms with Gasteiger partial charge in [0, 0.05) is 11.8 Å². The van der Waals surface area contributed by atoms with Crippen LogP contribution in [0.5, 0.6) is 5.75 Å². The van der Waals surface area contributed by atoms with Gasteiger partial charge in [-0.15, -0.1) is 0 Å². The molecule has 1 aliphatic heterocycles. The highest BCUT2D eigenvalue weighted by molar-refractivity contribution is 5.60. The van der Waals surface area contributed by atoms with Crippen LogP contribution in [0.1, 0.15) is 19.4 Å². The highest BCUT2D eigenvalue weighted by Gasteiger charge is 2.27. The molecule has 0 saturated carbocycles. The van der Waals surface area contributed by atoms with E-state index in [1.165, 1.54) is 0 Å². The van der Waals surface area contributed by atoms with Crippen molar-refractivity contribution >= 4 is 6.34 Å². The Kier molecular flexibility index (Phi) is 3.15. The number of aliphatic imine (C=N–C) groups is 1. The molecule has 0 bridgehead atoms. The number of nitrogens with two attached hydrogens (primary N) is 1. The summed E-state index contributed by atoms with van der Waals surface area (Å²) in [4.78, 5) is 4.27. The lowest BCUT2D eigenvalue weighted by Crippen LogP contribution is -2.36. The van der Waals surface area contributed by atoms with Crippen LogP contribution >= 0.6 is 0 Å². The molecule has 0 saturated heterocycles. The van der Waals surface area contributed by atoms with Crippen molar-refractivity contribution < 1.29 is 4.74 Å². The number of benzene rings is 1. The number of hydrogen-bond donors (Lipinski definition) is 2. The topological polar surface area (TPSA) is 59.6 Å². The first kappa shape index (κ1) is 11.7. The number of nitrogens with one attached hydrogen (secondary N) is 1. The first-order valence-electron chi connectivity index (χ1n) is 5.64. The third kappa shape index (κ3) is 2.47. The summed E-state index contributed by atoms with van der Waals surface area (Å²) in [6.07, 6.45) is 5.29. The van der Waals surface area contributed by atoms with Gasteiger partial charge in [0.05, 0.1) is 12.4 Å². The summed E-state index contributed by atoms with van der Waals surface area (Å²) in [6, 6.07) is 7.71. The van der Waals surface area contributed by atoms with E-state index in [0.717, 1.165) is 11.3 Å². The number of ether oxygens (including phenoxy) is 1. The van der Waals surface area contributed by atoms with E-state index in [9.17, 15) is 0 Å². The molecule has 1 unspecified atom stereocenters. The van der Waals surface area contributed by atoms with E-state index in [1.54, 1.807) is 12.5 Å². The molecule has 4 heteroatoms. The Morgan fingerprint density at radius 3 is 2.76 bits per heavy atom. The van der Waals surface area contributed by atoms with E-state index in [2.05, 4.69) is 10.3 Å². The molecule has 1 aromatic carbocycles. The normalized spacial score (nSPS) is 22.6. The predicted molar refractivity (Wildman–Crippen MR) is 68.8 cm³/mol. The molecule has 17 heavy (non-hydrogen) atoms. The van der Waals surface area contributed by atoms with Gasteiger partial charge in [0.1, 0.15) is 5.75 Å². The van der Waals surface area contributed by atoms with Gasteiger partial charge in [-0.25, -0.2) is 4.99 Å². The van der Waals surface area contributed by atoms with Crippen molar-refractivity contribution in [1.82, 2.24) is 5.32 Å². The van der Waals surface area contributed by atoms with Crippen LogP contribution in [-0.2, 0) is 5.66 Å². The van der Waals surface area contributed by atoms with Gasteiger partial charge in [0.25, 0.3) is 0 Å². The fourth-order valence-electron chi connectivity index (χ4n) is 1.72. The lowest BCUT2D eigenvalue weighted by atomic mass is 9.99. The van der Waals surface area contributed by atoms with Crippen LogP contribution in [0.4, 0.5) is 0 Å². The van der Waals surface area contributed by atoms with E-state index in [1.807, 2.05) is 44.2 Å². The Hall–Kier alpha value is -1.81. The summed E-state index contributed by atoms with van der Waals surface area (Å²) in [6.45, 7) is 3.98. The first-order valence-corrected chi connectivity index (χ1v) is 5.64. The maximum Gasteiger partial charge on any atom is 0.159 e. The Balaban J connectivity index is 2.40. The van der Waals surface area contributed by atoms with Crippen LogP contribution in [0.15, 0.2) is 41.5 Å². The SMILES string of the molecule is CC(C)Oc1ccccc1C1(N)C=CNC=N1. The van der Waals surface area contributed by atoms with Crippen molar-refractivity contribution in [2.24, 2.45) is 10.7 Å². The third-order valence-corrected chi connectivity index (χ3v) is 2.47. The van der Waals surface area contributed by atoms with Crippen LogP contribution in [0.25, 0.3) is 0 Å². The molecular weight excluding hydrogens is 214 g/mol. The van der Waals surface area contributed by atoms with Crippen LogP contribution < -0.4 is 15.8 Å². The minimum absolute atomic E-state index is 0.106. The average Bonchev–Trinajstić information content (AvgIpc) is 2.30. The minimum Gasteiger partial charge on any atom is -0.491 e. The zero-order chi connectivity index (χ0) is 12.3. The molecule has 0 fully saturated rings. The second-order valence-electron chi connectivity index (χ2n) is 4.25. The lowest BCUT2D eigenvalue weighted by Gasteiger charge is -2.26. The van der Waals surface area contributed by atoms with Gasteiger partial charge in [-0.3, -0.25) is 5.73 Å². The Bertz CT molecular complexity index is 440. The molecule has 2 rings (SSSR count). The van der Waals surface area contributed by atoms with Crippen molar-refractivity contribution in [3.8, 4) is 5.75 Å². The van der Waals surface area contributed by atoms with Gasteiger partial charge in [-0.05, 0) is 26.0 Å². The van der Waals surface area contributed by atoms with E-state index >= 15 is 0 Å². The zero-order valence-electron chi connectivity index (χ0n) is 10.1. The summed E-state index contributed by atoms with van der Waals surface area (Å²) in [5.74, 6) is 0.772. The summed E-state index contributed by atoms with van der Waals surface area (Å²) >= 11 is 0. The van der Waals surface area contributed by atoms with Crippen LogP contribution in [0.3, 0.4) is 0 Å². The molecule has 0 aromatic heterocycles. The third-order valence-electron chi connectivity index (χ3n) is 2.47. The second kappa shape index (κ2) is 4.59. The maximum atomic E-state index is 6.25. The molecule has 0 spiro atoms. The maximum absolute atomic E-state index is 6.25. The summed E-state index contributed by atoms with van der Waals surface area (Å²) in [7, 11) is 0. The molecule has 0 aliphatic carbocycles. The Morgan fingerprint density at radius 1 is 1.35 bits per heavy atom. The van der Waals surface area contributed by atoms with E-state index in [4.69, 9.17) is 10.5 Å². The fraction of sp³-hybridized carbons (Fsp3) is 0.308. The molecule has 0 amide bonds. The van der Waals surface area contributed by atoms with Gasteiger partial charge >= 0.3 is 0 Å². The van der Waals surface area contributed by atoms with E-state index < -0.39 is 5.66 Å². The molecule has 1 aromatic rings. The summed E-state index contributed by atoms with van der Waals surface area (Å²) in [5.41, 5.74) is 6.27. The second-order valence-corrected chi connectivity index (χ2v) is 4.25. The Labute approximate surface area is 101 Å². The molecular formula is C13H17N3O. The molecule has 1 atom stereocenters. The molecule has 1 heterocycles. The highest BCUT2D eigenvalue weighted by Crippen LogP contribution is 2.31. The van der Waals surface area contributed by atoms with Crippen LogP contribution in [-0.4, -0.2) is 12.4 Å². The quantitative estimate of drug-likeness (QED) is 0.833.